The van der Waals surface area contributed by atoms with Crippen molar-refractivity contribution in [3.63, 3.8) is 0 Å². The summed E-state index contributed by atoms with van der Waals surface area (Å²) in [6.07, 6.45) is 0.898. The van der Waals surface area contributed by atoms with Crippen molar-refractivity contribution in [2.45, 2.75) is 88.6 Å². The summed E-state index contributed by atoms with van der Waals surface area (Å²) in [6.45, 7) is 2.84. The van der Waals surface area contributed by atoms with Crippen LogP contribution in [0.4, 0.5) is 22.0 Å². The molecule has 0 amide bonds. The quantitative estimate of drug-likeness (QED) is 0.348. The molecule has 5 atom stereocenters. The Morgan fingerprint density at radius 1 is 0.953 bits per heavy atom. The van der Waals surface area contributed by atoms with Crippen LogP contribution in [0.5, 0.6) is 0 Å². The Hall–Kier alpha value is -2.91. The van der Waals surface area contributed by atoms with Crippen LogP contribution >= 0.6 is 0 Å². The van der Waals surface area contributed by atoms with E-state index in [0.717, 1.165) is 40.0 Å². The van der Waals surface area contributed by atoms with Gasteiger partial charge in [-0.3, -0.25) is 14.7 Å². The number of carbonyl (C=O) groups excluding carboxylic acids is 1. The maximum absolute atomic E-state index is 15.2. The molecule has 0 saturated heterocycles. The number of allylic oxidation sites excluding steroid dienone is 4. The average Bonchev–Trinajstić information content (AvgIpc) is 3.24. The molecule has 1 aromatic carbocycles. The molecular weight excluding hydrogens is 563 g/mol. The number of fused-ring (bicyclic) bond motifs is 4. The van der Waals surface area contributed by atoms with Gasteiger partial charge in [0, 0.05) is 43.2 Å². The minimum atomic E-state index is -5.86. The fraction of sp³-hybridized carbons (Fsp3) is 0.529. The van der Waals surface area contributed by atoms with Gasteiger partial charge in [-0.2, -0.15) is 22.0 Å². The van der Waals surface area contributed by atoms with Crippen molar-refractivity contribution in [2.75, 3.05) is 7.05 Å². The molecule has 9 heteroatoms. The van der Waals surface area contributed by atoms with E-state index in [1.165, 1.54) is 6.92 Å². The smallest absolute Gasteiger partial charge is 0.383 e. The van der Waals surface area contributed by atoms with E-state index in [1.54, 1.807) is 18.5 Å². The number of hydrogen-bond donors (Lipinski definition) is 1. The zero-order chi connectivity index (χ0) is 30.8. The summed E-state index contributed by atoms with van der Waals surface area (Å²) in [5.74, 6) is -6.34. The Labute approximate surface area is 248 Å². The first kappa shape index (κ1) is 30.1. The fourth-order valence-corrected chi connectivity index (χ4v) is 8.74. The summed E-state index contributed by atoms with van der Waals surface area (Å²) in [6, 6.07) is 11.8. The number of aliphatic hydroxyl groups is 1. The van der Waals surface area contributed by atoms with Gasteiger partial charge in [-0.1, -0.05) is 36.8 Å². The van der Waals surface area contributed by atoms with Crippen LogP contribution in [0, 0.1) is 17.3 Å². The minimum Gasteiger partial charge on any atom is -0.383 e. The molecule has 4 aliphatic rings. The van der Waals surface area contributed by atoms with Crippen molar-refractivity contribution in [1.82, 2.24) is 9.88 Å². The van der Waals surface area contributed by atoms with Crippen LogP contribution < -0.4 is 0 Å². The summed E-state index contributed by atoms with van der Waals surface area (Å²) in [5.41, 5.74) is 1.28. The summed E-state index contributed by atoms with van der Waals surface area (Å²) in [5, 5.41) is 11.4. The molecule has 6 rings (SSSR count). The molecular formula is C34H37F5N2O2. The average molecular weight is 601 g/mol. The normalized spacial score (nSPS) is 31.0. The lowest BCUT2D eigenvalue weighted by Crippen LogP contribution is -2.65. The summed E-state index contributed by atoms with van der Waals surface area (Å²) >= 11 is 0. The molecule has 1 aromatic heterocycles. The highest BCUT2D eigenvalue weighted by atomic mass is 19.4. The number of nitrogens with zero attached hydrogens (tertiary/aromatic N) is 2. The first-order valence-electron chi connectivity index (χ1n) is 15.0. The number of alkyl halides is 5. The van der Waals surface area contributed by atoms with Crippen LogP contribution in [0.15, 0.2) is 71.6 Å². The maximum atomic E-state index is 15.2. The van der Waals surface area contributed by atoms with E-state index in [4.69, 9.17) is 0 Å². The van der Waals surface area contributed by atoms with E-state index in [9.17, 15) is 23.1 Å². The van der Waals surface area contributed by atoms with Crippen LogP contribution in [-0.2, 0) is 17.9 Å². The van der Waals surface area contributed by atoms with Gasteiger partial charge in [0.05, 0.1) is 0 Å². The van der Waals surface area contributed by atoms with Gasteiger partial charge in [-0.05, 0) is 103 Å². The number of ketones is 1. The number of benzene rings is 1. The molecule has 3 unspecified atom stereocenters. The molecule has 0 aliphatic heterocycles. The van der Waals surface area contributed by atoms with Crippen LogP contribution in [-0.4, -0.2) is 45.5 Å². The number of pyridine rings is 1. The fourth-order valence-electron chi connectivity index (χ4n) is 8.74. The third-order valence-corrected chi connectivity index (χ3v) is 10.8. The molecule has 0 bridgehead atoms. The molecule has 0 spiro atoms. The summed E-state index contributed by atoms with van der Waals surface area (Å²) in [7, 11) is 2.01. The van der Waals surface area contributed by atoms with Crippen LogP contribution in [0.25, 0.3) is 0 Å². The van der Waals surface area contributed by atoms with E-state index in [0.29, 0.717) is 32.2 Å². The Balaban J connectivity index is 1.37. The van der Waals surface area contributed by atoms with E-state index >= 15 is 8.78 Å². The van der Waals surface area contributed by atoms with Crippen molar-refractivity contribution in [2.24, 2.45) is 17.3 Å². The van der Waals surface area contributed by atoms with Crippen molar-refractivity contribution < 1.29 is 31.9 Å². The Kier molecular flexibility index (Phi) is 7.44. The van der Waals surface area contributed by atoms with Gasteiger partial charge in [-0.15, -0.1) is 0 Å². The first-order valence-corrected chi connectivity index (χ1v) is 15.0. The lowest BCUT2D eigenvalue weighted by Gasteiger charge is -2.56. The molecule has 4 aliphatic carbocycles. The Bertz CT molecular complexity index is 1450. The predicted molar refractivity (Wildman–Crippen MR) is 152 cm³/mol. The molecule has 4 nitrogen and oxygen atoms in total. The molecule has 1 N–H and O–H groups in total. The number of hydrogen-bond acceptors (Lipinski definition) is 4. The third-order valence-electron chi connectivity index (χ3n) is 10.8. The van der Waals surface area contributed by atoms with E-state index in [2.05, 4.69) is 9.88 Å². The van der Waals surface area contributed by atoms with Crippen molar-refractivity contribution >= 4 is 5.78 Å². The van der Waals surface area contributed by atoms with Crippen molar-refractivity contribution in [3.8, 4) is 0 Å². The first-order chi connectivity index (χ1) is 20.2. The maximum Gasteiger partial charge on any atom is 0.456 e. The number of halogens is 5. The van der Waals surface area contributed by atoms with Gasteiger partial charge >= 0.3 is 12.1 Å². The molecule has 43 heavy (non-hydrogen) atoms. The monoisotopic (exact) mass is 600 g/mol. The Morgan fingerprint density at radius 3 is 2.26 bits per heavy atom. The lowest BCUT2D eigenvalue weighted by atomic mass is 9.50. The standard InChI is InChI=1S/C34H37F5N2O2/c1-31-18-28(23-5-3-21(4-6-23)19-41(2)20-22-12-15-40-16-13-22)30-26-10-8-25(42)17-24(26)7-9-27(30)29(31)11-14-32(31,43)33(35,36)34(37,38)39/h3-6,12-13,15-17,27-29,43H,7-11,14,18-20H2,1-2H3/t27?,28-,29?,31?,32+/m1/s1. The van der Waals surface area contributed by atoms with E-state index in [1.807, 2.05) is 43.4 Å². The van der Waals surface area contributed by atoms with E-state index in [-0.39, 0.29) is 24.5 Å². The van der Waals surface area contributed by atoms with Crippen molar-refractivity contribution in [1.29, 1.82) is 0 Å². The van der Waals surface area contributed by atoms with Crippen LogP contribution in [0.1, 0.15) is 74.5 Å². The highest BCUT2D eigenvalue weighted by molar-refractivity contribution is 5.93. The zero-order valence-electron chi connectivity index (χ0n) is 24.4. The molecule has 230 valence electrons. The predicted octanol–water partition coefficient (Wildman–Crippen LogP) is 7.54. The third kappa shape index (κ3) is 4.87. The van der Waals surface area contributed by atoms with Gasteiger partial charge in [0.1, 0.15) is 5.60 Å². The van der Waals surface area contributed by atoms with Gasteiger partial charge < -0.3 is 5.11 Å². The van der Waals surface area contributed by atoms with E-state index < -0.39 is 41.4 Å². The second-order valence-corrected chi connectivity index (χ2v) is 13.2. The van der Waals surface area contributed by atoms with Crippen molar-refractivity contribution in [3.05, 3.63) is 88.3 Å². The second kappa shape index (κ2) is 10.6. The van der Waals surface area contributed by atoms with Gasteiger partial charge in [0.25, 0.3) is 0 Å². The van der Waals surface area contributed by atoms with Crippen LogP contribution in [0.2, 0.25) is 0 Å². The Morgan fingerprint density at radius 2 is 1.60 bits per heavy atom. The van der Waals surface area contributed by atoms with Gasteiger partial charge in [0.2, 0.25) is 0 Å². The molecule has 1 heterocycles. The lowest BCUT2D eigenvalue weighted by molar-refractivity contribution is -0.362. The SMILES string of the molecule is CN(Cc1ccncc1)Cc1ccc([C@H]2CC3(C)C(CC[C@@]3(O)C(F)(F)C(F)(F)F)C3CCC4=CC(=O)CCC4=C32)cc1. The molecule has 2 aromatic rings. The summed E-state index contributed by atoms with van der Waals surface area (Å²) < 4.78 is 71.8. The molecule has 0 radical (unpaired) electrons. The molecule has 2 fully saturated rings. The largest absolute Gasteiger partial charge is 0.456 e. The van der Waals surface area contributed by atoms with Gasteiger partial charge in [-0.25, -0.2) is 0 Å². The van der Waals surface area contributed by atoms with Crippen LogP contribution in [0.3, 0.4) is 0 Å². The van der Waals surface area contributed by atoms with Gasteiger partial charge in [0.15, 0.2) is 5.78 Å². The highest BCUT2D eigenvalue weighted by Gasteiger charge is 2.79. The second-order valence-electron chi connectivity index (χ2n) is 13.2. The number of rotatable bonds is 6. The minimum absolute atomic E-state index is 0.0162. The molecule has 2 saturated carbocycles. The highest BCUT2D eigenvalue weighted by Crippen LogP contribution is 2.70. The number of aromatic nitrogens is 1. The zero-order valence-corrected chi connectivity index (χ0v) is 24.4. The summed E-state index contributed by atoms with van der Waals surface area (Å²) in [4.78, 5) is 18.5. The number of carbonyl (C=O) groups is 1. The topological polar surface area (TPSA) is 53.4 Å².